The molecule has 0 aliphatic rings. The molecule has 9 nitrogen and oxygen atoms in total. The van der Waals surface area contributed by atoms with Crippen molar-refractivity contribution in [1.29, 1.82) is 0 Å². The summed E-state index contributed by atoms with van der Waals surface area (Å²) >= 11 is 0. The summed E-state index contributed by atoms with van der Waals surface area (Å²) in [6.45, 7) is 12.6. The van der Waals surface area contributed by atoms with E-state index >= 15 is 0 Å². The summed E-state index contributed by atoms with van der Waals surface area (Å²) in [7, 11) is 0. The number of aliphatic imine (C=N–C) groups is 1. The highest BCUT2D eigenvalue weighted by atomic mass is 16.5. The van der Waals surface area contributed by atoms with Gasteiger partial charge in [0.15, 0.2) is 0 Å². The van der Waals surface area contributed by atoms with Crippen LogP contribution < -0.4 is 0 Å². The molecule has 28 heavy (non-hydrogen) atoms. The molecule has 0 aromatic carbocycles. The zero-order valence-corrected chi connectivity index (χ0v) is 15.9. The minimum absolute atomic E-state index is 0.201. The molecule has 152 valence electrons. The van der Waals surface area contributed by atoms with Crippen molar-refractivity contribution in [2.24, 2.45) is 4.99 Å². The van der Waals surface area contributed by atoms with Crippen LogP contribution in [-0.2, 0) is 25.6 Å². The lowest BCUT2D eigenvalue weighted by Crippen LogP contribution is -2.28. The molecule has 0 N–H and O–H groups in total. The Bertz CT molecular complexity index is 684. The smallest absolute Gasteiger partial charge is 0.255 e. The molecule has 0 bridgehead atoms. The molecule has 0 spiro atoms. The fourth-order valence-corrected chi connectivity index (χ4v) is 2.01. The molecule has 1 aromatic rings. The van der Waals surface area contributed by atoms with Gasteiger partial charge in [0, 0.05) is 31.3 Å². The van der Waals surface area contributed by atoms with E-state index in [1.54, 1.807) is 6.20 Å². The van der Waals surface area contributed by atoms with E-state index in [2.05, 4.69) is 29.9 Å². The topological polar surface area (TPSA) is 95.2 Å². The van der Waals surface area contributed by atoms with Gasteiger partial charge >= 0.3 is 0 Å². The Labute approximate surface area is 164 Å². The van der Waals surface area contributed by atoms with Crippen molar-refractivity contribution < 1.29 is 23.8 Å². The number of imidazole rings is 1. The molecule has 0 aliphatic carbocycles. The van der Waals surface area contributed by atoms with Crippen molar-refractivity contribution in [3.8, 4) is 0 Å². The van der Waals surface area contributed by atoms with Crippen molar-refractivity contribution in [2.75, 3.05) is 39.6 Å². The van der Waals surface area contributed by atoms with Crippen LogP contribution >= 0.6 is 0 Å². The Morgan fingerprint density at radius 1 is 1.11 bits per heavy atom. The van der Waals surface area contributed by atoms with Crippen LogP contribution in [0, 0.1) is 0 Å². The number of hydrogen-bond donors (Lipinski definition) is 0. The van der Waals surface area contributed by atoms with Gasteiger partial charge in [0.2, 0.25) is 5.91 Å². The van der Waals surface area contributed by atoms with Crippen molar-refractivity contribution in [3.63, 3.8) is 0 Å². The zero-order chi connectivity index (χ0) is 20.6. The number of amides is 1. The number of rotatable bonds is 15. The maximum absolute atomic E-state index is 11.6. The first kappa shape index (κ1) is 23.2. The fourth-order valence-electron chi connectivity index (χ4n) is 2.01. The average Bonchev–Trinajstić information content (AvgIpc) is 3.18. The fraction of sp³-hybridized carbons (Fsp3) is 0.368. The number of ether oxygens (including phenoxy) is 3. The quantitative estimate of drug-likeness (QED) is 0.256. The molecule has 0 saturated heterocycles. The Morgan fingerprint density at radius 2 is 1.79 bits per heavy atom. The van der Waals surface area contributed by atoms with Crippen LogP contribution in [0.2, 0.25) is 0 Å². The normalized spacial score (nSPS) is 10.7. The second-order valence-electron chi connectivity index (χ2n) is 5.25. The lowest BCUT2D eigenvalue weighted by molar-refractivity contribution is -0.124. The third-order valence-corrected chi connectivity index (χ3v) is 3.39. The van der Waals surface area contributed by atoms with Gasteiger partial charge in [0.25, 0.3) is 5.91 Å². The summed E-state index contributed by atoms with van der Waals surface area (Å²) in [5.74, 6) is 0.00832. The van der Waals surface area contributed by atoms with Gasteiger partial charge in [-0.1, -0.05) is 13.2 Å². The molecule has 0 saturated carbocycles. The van der Waals surface area contributed by atoms with E-state index < -0.39 is 0 Å². The van der Waals surface area contributed by atoms with Gasteiger partial charge in [-0.05, 0) is 18.9 Å². The zero-order valence-electron chi connectivity index (χ0n) is 15.9. The monoisotopic (exact) mass is 390 g/mol. The summed E-state index contributed by atoms with van der Waals surface area (Å²) in [6, 6.07) is 0. The minimum Gasteiger partial charge on any atom is -0.377 e. The molecule has 1 rings (SSSR count). The van der Waals surface area contributed by atoms with Gasteiger partial charge in [0.05, 0.1) is 33.0 Å². The Balaban J connectivity index is 2.08. The van der Waals surface area contributed by atoms with Gasteiger partial charge in [-0.2, -0.15) is 0 Å². The molecule has 0 fully saturated rings. The number of carbonyl (C=O) groups excluding carboxylic acids is 2. The van der Waals surface area contributed by atoms with Crippen molar-refractivity contribution >= 4 is 18.5 Å². The predicted molar refractivity (Wildman–Crippen MR) is 105 cm³/mol. The van der Waals surface area contributed by atoms with E-state index in [-0.39, 0.29) is 18.4 Å². The van der Waals surface area contributed by atoms with E-state index in [4.69, 9.17) is 14.2 Å². The van der Waals surface area contributed by atoms with Crippen molar-refractivity contribution in [3.05, 3.63) is 55.9 Å². The van der Waals surface area contributed by atoms with E-state index in [1.807, 2.05) is 0 Å². The van der Waals surface area contributed by atoms with E-state index in [0.29, 0.717) is 45.4 Å². The standard InChI is InChI=1S/C19H26N4O5/c1-4-18(24)22(8-6-20-3)10-11-26-12-13-27-14-15-28-16-17-21-7-9-23(17)19(25)5-2/h4-9H,1-3,10-16H2/b8-6-. The third-order valence-electron chi connectivity index (χ3n) is 3.39. The van der Waals surface area contributed by atoms with Crippen molar-refractivity contribution in [1.82, 2.24) is 14.5 Å². The van der Waals surface area contributed by atoms with Gasteiger partial charge in [-0.3, -0.25) is 19.1 Å². The van der Waals surface area contributed by atoms with Crippen LogP contribution in [0.15, 0.2) is 55.1 Å². The highest BCUT2D eigenvalue weighted by Gasteiger charge is 2.07. The second-order valence-corrected chi connectivity index (χ2v) is 5.25. The first-order valence-electron chi connectivity index (χ1n) is 8.61. The van der Waals surface area contributed by atoms with E-state index in [9.17, 15) is 9.59 Å². The summed E-state index contributed by atoms with van der Waals surface area (Å²) in [5, 5.41) is 0. The van der Waals surface area contributed by atoms with Crippen molar-refractivity contribution in [2.45, 2.75) is 6.61 Å². The van der Waals surface area contributed by atoms with Crippen LogP contribution in [0.4, 0.5) is 0 Å². The second kappa shape index (κ2) is 14.2. The molecule has 1 amide bonds. The highest BCUT2D eigenvalue weighted by molar-refractivity contribution is 5.89. The van der Waals surface area contributed by atoms with Gasteiger partial charge < -0.3 is 19.1 Å². The third kappa shape index (κ3) is 8.67. The molecule has 9 heteroatoms. The number of allylic oxidation sites excluding steroid dienone is 1. The van der Waals surface area contributed by atoms with Crippen LogP contribution in [0.3, 0.4) is 0 Å². The highest BCUT2D eigenvalue weighted by Crippen LogP contribution is 2.00. The van der Waals surface area contributed by atoms with E-state index in [0.717, 1.165) is 0 Å². The molecule has 0 atom stereocenters. The van der Waals surface area contributed by atoms with Crippen LogP contribution in [-0.4, -0.2) is 72.6 Å². The lowest BCUT2D eigenvalue weighted by atomic mass is 10.4. The van der Waals surface area contributed by atoms with Gasteiger partial charge in [-0.15, -0.1) is 0 Å². The summed E-state index contributed by atoms with van der Waals surface area (Å²) in [5.41, 5.74) is 0. The SMILES string of the molecule is C=CC(=O)N(/C=C\N=C)CCOCCOCCOCc1nccn1C(=O)C=C. The van der Waals surface area contributed by atoms with Crippen LogP contribution in [0.25, 0.3) is 0 Å². The lowest BCUT2D eigenvalue weighted by Gasteiger charge is -2.16. The Kier molecular flexibility index (Phi) is 11.8. The minimum atomic E-state index is -0.255. The maximum atomic E-state index is 11.6. The first-order valence-corrected chi connectivity index (χ1v) is 8.61. The number of nitrogens with zero attached hydrogens (tertiary/aromatic N) is 4. The summed E-state index contributed by atoms with van der Waals surface area (Å²) in [6.07, 6.45) is 8.46. The number of carbonyl (C=O) groups is 2. The number of hydrogen-bond acceptors (Lipinski definition) is 7. The first-order chi connectivity index (χ1) is 13.6. The van der Waals surface area contributed by atoms with Gasteiger partial charge in [-0.25, -0.2) is 4.98 Å². The number of aromatic nitrogens is 2. The van der Waals surface area contributed by atoms with E-state index in [1.165, 1.54) is 40.2 Å². The molecular formula is C19H26N4O5. The van der Waals surface area contributed by atoms with Crippen LogP contribution in [0.5, 0.6) is 0 Å². The molecular weight excluding hydrogens is 364 g/mol. The Hall–Kier alpha value is -2.88. The molecule has 1 aromatic heterocycles. The van der Waals surface area contributed by atoms with Crippen LogP contribution in [0.1, 0.15) is 10.6 Å². The molecule has 0 aliphatic heterocycles. The summed E-state index contributed by atoms with van der Waals surface area (Å²) < 4.78 is 17.6. The summed E-state index contributed by atoms with van der Waals surface area (Å²) in [4.78, 5) is 32.2. The maximum Gasteiger partial charge on any atom is 0.255 e. The largest absolute Gasteiger partial charge is 0.377 e. The predicted octanol–water partition coefficient (Wildman–Crippen LogP) is 1.45. The Morgan fingerprint density at radius 3 is 2.43 bits per heavy atom. The molecule has 0 unspecified atom stereocenters. The molecule has 1 heterocycles. The molecule has 0 radical (unpaired) electrons. The van der Waals surface area contributed by atoms with Gasteiger partial charge in [0.1, 0.15) is 12.4 Å². The average molecular weight is 390 g/mol.